The third kappa shape index (κ3) is 8.54. The van der Waals surface area contributed by atoms with Crippen molar-refractivity contribution in [1.29, 1.82) is 0 Å². The lowest BCUT2D eigenvalue weighted by Gasteiger charge is -2.12. The summed E-state index contributed by atoms with van der Waals surface area (Å²) >= 11 is 0. The molecule has 2 heterocycles. The van der Waals surface area contributed by atoms with Crippen molar-refractivity contribution in [2.24, 2.45) is 0 Å². The first-order valence-electron chi connectivity index (χ1n) is 21.9. The summed E-state index contributed by atoms with van der Waals surface area (Å²) < 4.78 is 0. The lowest BCUT2D eigenvalue weighted by molar-refractivity contribution is 1.07. The normalized spacial score (nSPS) is 11.0. The molecule has 0 aliphatic carbocycles. The summed E-state index contributed by atoms with van der Waals surface area (Å²) in [6.45, 7) is 0. The molecule has 310 valence electrons. The molecule has 0 fully saturated rings. The second-order valence-electron chi connectivity index (χ2n) is 16.0. The first kappa shape index (κ1) is 39.8. The molecule has 0 spiro atoms. The number of benzene rings is 9. The molecule has 0 unspecified atom stereocenters. The zero-order valence-corrected chi connectivity index (χ0v) is 35.8. The molecule has 6 nitrogen and oxygen atoms in total. The van der Waals surface area contributed by atoms with Gasteiger partial charge in [0.25, 0.3) is 0 Å². The van der Waals surface area contributed by atoms with Crippen LogP contribution in [0.3, 0.4) is 0 Å². The third-order valence-corrected chi connectivity index (χ3v) is 11.6. The third-order valence-electron chi connectivity index (χ3n) is 11.6. The minimum Gasteiger partial charge on any atom is -0.208 e. The number of nitrogens with zero attached hydrogens (tertiary/aromatic N) is 6. The van der Waals surface area contributed by atoms with Crippen molar-refractivity contribution in [1.82, 2.24) is 29.9 Å². The Labute approximate surface area is 383 Å². The molecule has 0 aliphatic rings. The van der Waals surface area contributed by atoms with E-state index in [2.05, 4.69) is 146 Å². The van der Waals surface area contributed by atoms with Gasteiger partial charge < -0.3 is 0 Å². The molecule has 0 atom stereocenters. The van der Waals surface area contributed by atoms with Crippen LogP contribution in [0.15, 0.2) is 243 Å². The van der Waals surface area contributed by atoms with E-state index in [1.54, 1.807) is 0 Å². The van der Waals surface area contributed by atoms with Gasteiger partial charge in [-0.05, 0) is 74.8 Å². The fourth-order valence-electron chi connectivity index (χ4n) is 8.19. The Morgan fingerprint density at radius 2 is 0.303 bits per heavy atom. The van der Waals surface area contributed by atoms with Gasteiger partial charge in [-0.3, -0.25) is 0 Å². The molecule has 11 aromatic rings. The average molecular weight is 845 g/mol. The lowest BCUT2D eigenvalue weighted by Crippen LogP contribution is -2.00. The summed E-state index contributed by atoms with van der Waals surface area (Å²) in [5.74, 6) is 3.76. The van der Waals surface area contributed by atoms with Gasteiger partial charge >= 0.3 is 0 Å². The van der Waals surface area contributed by atoms with E-state index >= 15 is 0 Å². The minimum atomic E-state index is 0.613. The maximum absolute atomic E-state index is 5.10. The lowest BCUT2D eigenvalue weighted by atomic mass is 9.95. The van der Waals surface area contributed by atoms with Crippen LogP contribution in [-0.2, 0) is 0 Å². The highest BCUT2D eigenvalue weighted by Gasteiger charge is 2.16. The van der Waals surface area contributed by atoms with E-state index in [0.717, 1.165) is 77.9 Å². The zero-order chi connectivity index (χ0) is 44.1. The van der Waals surface area contributed by atoms with E-state index in [1.807, 2.05) is 97.1 Å². The molecule has 11 rings (SSSR count). The molecule has 0 saturated carbocycles. The summed E-state index contributed by atoms with van der Waals surface area (Å²) in [5, 5.41) is 0. The molecule has 66 heavy (non-hydrogen) atoms. The molecular formula is C60H40N6. The molecule has 0 N–H and O–H groups in total. The molecule has 2 aromatic heterocycles. The van der Waals surface area contributed by atoms with Crippen molar-refractivity contribution >= 4 is 0 Å². The quantitative estimate of drug-likeness (QED) is 0.136. The topological polar surface area (TPSA) is 77.3 Å². The Kier molecular flexibility index (Phi) is 10.9. The van der Waals surface area contributed by atoms with Gasteiger partial charge in [0.2, 0.25) is 0 Å². The Bertz CT molecular complexity index is 3410. The van der Waals surface area contributed by atoms with Crippen LogP contribution in [0.1, 0.15) is 0 Å². The average Bonchev–Trinajstić information content (AvgIpc) is 3.42. The van der Waals surface area contributed by atoms with Gasteiger partial charge in [0, 0.05) is 33.4 Å². The zero-order valence-electron chi connectivity index (χ0n) is 35.8. The molecule has 0 radical (unpaired) electrons. The maximum Gasteiger partial charge on any atom is 0.164 e. The highest BCUT2D eigenvalue weighted by atomic mass is 15.0. The van der Waals surface area contributed by atoms with Crippen molar-refractivity contribution < 1.29 is 0 Å². The van der Waals surface area contributed by atoms with Crippen LogP contribution in [0.4, 0.5) is 0 Å². The Morgan fingerprint density at radius 3 is 0.561 bits per heavy atom. The van der Waals surface area contributed by atoms with Crippen molar-refractivity contribution in [2.75, 3.05) is 0 Å². The highest BCUT2D eigenvalue weighted by Crippen LogP contribution is 2.34. The fraction of sp³-hybridized carbons (Fsp3) is 0. The predicted molar refractivity (Wildman–Crippen MR) is 268 cm³/mol. The largest absolute Gasteiger partial charge is 0.208 e. The Morgan fingerprint density at radius 1 is 0.136 bits per heavy atom. The first-order chi connectivity index (χ1) is 32.7. The van der Waals surface area contributed by atoms with E-state index in [1.165, 1.54) is 0 Å². The predicted octanol–water partition coefficient (Wildman–Crippen LogP) is 14.7. The molecule has 0 aliphatic heterocycles. The van der Waals surface area contributed by atoms with Gasteiger partial charge in [-0.1, -0.05) is 212 Å². The summed E-state index contributed by atoms with van der Waals surface area (Å²) in [6.07, 6.45) is 0. The van der Waals surface area contributed by atoms with Crippen molar-refractivity contribution in [2.45, 2.75) is 0 Å². The van der Waals surface area contributed by atoms with Crippen LogP contribution in [0.25, 0.3) is 113 Å². The van der Waals surface area contributed by atoms with Crippen LogP contribution in [0.2, 0.25) is 0 Å². The Hall–Kier alpha value is -9.00. The standard InChI is InChI=1S/C60H40N6/c1-5-18-41(19-6-1)45-26-15-33-52(38-45)59-64-57(44-24-11-4-12-25-44)65-60(66-59)54-35-17-32-51(40-54)49-30-14-28-47(37-49)46-27-13-29-48(36-46)50-31-16-34-53(39-50)58-62-55(42-20-7-2-8-21-42)61-56(63-58)43-22-9-3-10-23-43/h1-40H. The molecule has 6 heteroatoms. The van der Waals surface area contributed by atoms with Gasteiger partial charge in [0.15, 0.2) is 34.9 Å². The van der Waals surface area contributed by atoms with Crippen LogP contribution >= 0.6 is 0 Å². The fourth-order valence-corrected chi connectivity index (χ4v) is 8.19. The van der Waals surface area contributed by atoms with Gasteiger partial charge in [-0.15, -0.1) is 0 Å². The SMILES string of the molecule is c1ccc(-c2cccc(-c3nc(-c4ccccc4)nc(-c4cccc(-c5cccc(-c6cccc(-c7cccc(-c8nc(-c9ccccc9)nc(-c9ccccc9)n8)c7)c6)c5)c4)n3)c2)cc1. The van der Waals surface area contributed by atoms with E-state index in [0.29, 0.717) is 34.9 Å². The number of hydrogen-bond donors (Lipinski definition) is 0. The van der Waals surface area contributed by atoms with Crippen LogP contribution in [-0.4, -0.2) is 29.9 Å². The summed E-state index contributed by atoms with van der Waals surface area (Å²) in [5.41, 5.74) is 14.3. The Balaban J connectivity index is 0.917. The molecule has 0 saturated heterocycles. The van der Waals surface area contributed by atoms with Gasteiger partial charge in [-0.25, -0.2) is 29.9 Å². The van der Waals surface area contributed by atoms with E-state index in [9.17, 15) is 0 Å². The smallest absolute Gasteiger partial charge is 0.164 e. The number of hydrogen-bond acceptors (Lipinski definition) is 6. The van der Waals surface area contributed by atoms with E-state index < -0.39 is 0 Å². The van der Waals surface area contributed by atoms with Crippen LogP contribution < -0.4 is 0 Å². The molecule has 9 aromatic carbocycles. The van der Waals surface area contributed by atoms with Gasteiger partial charge in [0.1, 0.15) is 0 Å². The highest BCUT2D eigenvalue weighted by molar-refractivity contribution is 5.80. The van der Waals surface area contributed by atoms with Gasteiger partial charge in [-0.2, -0.15) is 0 Å². The molecular weight excluding hydrogens is 805 g/mol. The first-order valence-corrected chi connectivity index (χ1v) is 21.9. The second-order valence-corrected chi connectivity index (χ2v) is 16.0. The summed E-state index contributed by atoms with van der Waals surface area (Å²) in [6, 6.07) is 83.2. The molecule has 0 bridgehead atoms. The summed E-state index contributed by atoms with van der Waals surface area (Å²) in [4.78, 5) is 30.0. The monoisotopic (exact) mass is 844 g/mol. The van der Waals surface area contributed by atoms with Crippen LogP contribution in [0.5, 0.6) is 0 Å². The maximum atomic E-state index is 5.10. The van der Waals surface area contributed by atoms with Gasteiger partial charge in [0.05, 0.1) is 0 Å². The number of rotatable bonds is 10. The van der Waals surface area contributed by atoms with E-state index in [-0.39, 0.29) is 0 Å². The minimum absolute atomic E-state index is 0.613. The molecule has 0 amide bonds. The summed E-state index contributed by atoms with van der Waals surface area (Å²) in [7, 11) is 0. The van der Waals surface area contributed by atoms with Crippen LogP contribution in [0, 0.1) is 0 Å². The van der Waals surface area contributed by atoms with E-state index in [4.69, 9.17) is 29.9 Å². The second kappa shape index (κ2) is 18.0. The van der Waals surface area contributed by atoms with Crippen molar-refractivity contribution in [3.63, 3.8) is 0 Å². The number of aromatic nitrogens is 6. The van der Waals surface area contributed by atoms with Crippen molar-refractivity contribution in [3.8, 4) is 113 Å². The van der Waals surface area contributed by atoms with Crippen molar-refractivity contribution in [3.05, 3.63) is 243 Å².